The number of nitrogens with zero attached hydrogens (tertiary/aromatic N) is 1. The molecule has 1 saturated heterocycles. The van der Waals surface area contributed by atoms with Crippen molar-refractivity contribution < 1.29 is 22.0 Å². The molecule has 7 nitrogen and oxygen atoms in total. The molecule has 10 heteroatoms. The second-order valence-electron chi connectivity index (χ2n) is 6.67. The molecular formula is C18H23ClFN3O4S. The number of rotatable bonds is 6. The lowest BCUT2D eigenvalue weighted by Gasteiger charge is -2.34. The average Bonchev–Trinajstić information content (AvgIpc) is 3.11. The van der Waals surface area contributed by atoms with Gasteiger partial charge in [-0.15, -0.1) is 12.4 Å². The minimum Gasteiger partial charge on any atom is -0.444 e. The first-order valence-corrected chi connectivity index (χ1v) is 10.6. The monoisotopic (exact) mass is 431 g/mol. The van der Waals surface area contributed by atoms with Crippen molar-refractivity contribution in [3.8, 4) is 11.5 Å². The van der Waals surface area contributed by atoms with Crippen LogP contribution < -0.4 is 10.6 Å². The molecule has 1 aromatic heterocycles. The Balaban J connectivity index is 0.00000280. The zero-order valence-corrected chi connectivity index (χ0v) is 17.0. The van der Waals surface area contributed by atoms with E-state index in [-0.39, 0.29) is 37.6 Å². The summed E-state index contributed by atoms with van der Waals surface area (Å²) in [5.74, 6) is -0.443. The van der Waals surface area contributed by atoms with Gasteiger partial charge in [-0.2, -0.15) is 0 Å². The van der Waals surface area contributed by atoms with Gasteiger partial charge in [-0.1, -0.05) is 0 Å². The van der Waals surface area contributed by atoms with E-state index in [0.29, 0.717) is 36.7 Å². The Bertz CT molecular complexity index is 909. The quantitative estimate of drug-likeness (QED) is 0.722. The molecule has 0 spiro atoms. The first-order valence-electron chi connectivity index (χ1n) is 8.71. The summed E-state index contributed by atoms with van der Waals surface area (Å²) in [7, 11) is -3.53. The van der Waals surface area contributed by atoms with E-state index in [1.54, 1.807) is 12.1 Å². The van der Waals surface area contributed by atoms with Crippen molar-refractivity contribution in [3.63, 3.8) is 0 Å². The van der Waals surface area contributed by atoms with Crippen LogP contribution in [0.25, 0.3) is 11.5 Å². The summed E-state index contributed by atoms with van der Waals surface area (Å²) in [5.41, 5.74) is 1.27. The minimum atomic E-state index is -3.53. The van der Waals surface area contributed by atoms with Crippen molar-refractivity contribution in [3.05, 3.63) is 42.0 Å². The van der Waals surface area contributed by atoms with Crippen LogP contribution in [-0.2, 0) is 21.1 Å². The zero-order chi connectivity index (χ0) is 19.5. The number of carbonyl (C=O) groups excluding carboxylic acids is 1. The summed E-state index contributed by atoms with van der Waals surface area (Å²) in [6.07, 6.45) is 3.51. The molecule has 2 heterocycles. The summed E-state index contributed by atoms with van der Waals surface area (Å²) in [4.78, 5) is 16.9. The highest BCUT2D eigenvalue weighted by Crippen LogP contribution is 2.28. The molecule has 0 radical (unpaired) electrons. The number of hydrogen-bond acceptors (Lipinski definition) is 6. The summed E-state index contributed by atoms with van der Waals surface area (Å²) in [5, 5.41) is 5.81. The number of oxazole rings is 1. The van der Waals surface area contributed by atoms with Gasteiger partial charge < -0.3 is 15.1 Å². The van der Waals surface area contributed by atoms with Gasteiger partial charge in [0, 0.05) is 24.8 Å². The second kappa shape index (κ2) is 9.02. The van der Waals surface area contributed by atoms with Crippen LogP contribution in [0.4, 0.5) is 4.39 Å². The lowest BCUT2D eigenvalue weighted by atomic mass is 9.96. The van der Waals surface area contributed by atoms with E-state index < -0.39 is 20.5 Å². The molecule has 1 amide bonds. The minimum absolute atomic E-state index is 0. The van der Waals surface area contributed by atoms with Crippen LogP contribution >= 0.6 is 12.4 Å². The standard InChI is InChI=1S/C18H22FN3O4S.ClH/c1-27(24,25)18(7-10-20-11-8-18)17(23)21-9-6-15-12-26-16(22-15)13-2-4-14(19)5-3-13;/h2-5,12,20H,6-11H2,1H3,(H,21,23);1H. The predicted octanol–water partition coefficient (Wildman–Crippen LogP) is 1.73. The number of hydrogen-bond donors (Lipinski definition) is 2. The summed E-state index contributed by atoms with van der Waals surface area (Å²) < 4.78 is 41.4. The number of piperidine rings is 1. The van der Waals surface area contributed by atoms with Gasteiger partial charge >= 0.3 is 0 Å². The van der Waals surface area contributed by atoms with E-state index >= 15 is 0 Å². The topological polar surface area (TPSA) is 101 Å². The lowest BCUT2D eigenvalue weighted by molar-refractivity contribution is -0.124. The van der Waals surface area contributed by atoms with Crippen LogP contribution in [0.15, 0.2) is 34.9 Å². The fraction of sp³-hybridized carbons (Fsp3) is 0.444. The molecular weight excluding hydrogens is 409 g/mol. The van der Waals surface area contributed by atoms with Gasteiger partial charge in [-0.05, 0) is 50.2 Å². The Morgan fingerprint density at radius 1 is 1.29 bits per heavy atom. The molecule has 1 aliphatic rings. The molecule has 0 aliphatic carbocycles. The maximum absolute atomic E-state index is 13.0. The SMILES string of the molecule is CS(=O)(=O)C1(C(=O)NCCc2coc(-c3ccc(F)cc3)n2)CCNCC1.Cl. The summed E-state index contributed by atoms with van der Waals surface area (Å²) in [6, 6.07) is 5.78. The van der Waals surface area contributed by atoms with Gasteiger partial charge in [-0.25, -0.2) is 17.8 Å². The third-order valence-corrected chi connectivity index (χ3v) is 6.86. The smallest absolute Gasteiger partial charge is 0.241 e. The summed E-state index contributed by atoms with van der Waals surface area (Å²) >= 11 is 0. The van der Waals surface area contributed by atoms with E-state index in [9.17, 15) is 17.6 Å². The number of sulfone groups is 1. The number of halogens is 2. The van der Waals surface area contributed by atoms with Crippen molar-refractivity contribution in [2.24, 2.45) is 0 Å². The third kappa shape index (κ3) is 4.71. The molecule has 1 aliphatic heterocycles. The van der Waals surface area contributed by atoms with Gasteiger partial charge in [0.2, 0.25) is 11.8 Å². The van der Waals surface area contributed by atoms with Gasteiger partial charge in [0.25, 0.3) is 0 Å². The Hall–Kier alpha value is -1.97. The van der Waals surface area contributed by atoms with E-state index in [1.807, 2.05) is 0 Å². The Labute approximate surface area is 169 Å². The predicted molar refractivity (Wildman–Crippen MR) is 106 cm³/mol. The van der Waals surface area contributed by atoms with Crippen LogP contribution in [0.3, 0.4) is 0 Å². The zero-order valence-electron chi connectivity index (χ0n) is 15.4. The molecule has 1 fully saturated rings. The molecule has 2 aromatic rings. The van der Waals surface area contributed by atoms with Crippen LogP contribution in [-0.4, -0.2) is 49.9 Å². The normalized spacial score (nSPS) is 16.2. The summed E-state index contributed by atoms with van der Waals surface area (Å²) in [6.45, 7) is 1.23. The van der Waals surface area contributed by atoms with Crippen molar-refractivity contribution >= 4 is 28.2 Å². The van der Waals surface area contributed by atoms with Crippen molar-refractivity contribution in [2.45, 2.75) is 24.0 Å². The Morgan fingerprint density at radius 2 is 1.93 bits per heavy atom. The van der Waals surface area contributed by atoms with Crippen molar-refractivity contribution in [1.29, 1.82) is 0 Å². The highest BCUT2D eigenvalue weighted by atomic mass is 35.5. The molecule has 3 rings (SSSR count). The first kappa shape index (κ1) is 22.3. The maximum atomic E-state index is 13.0. The molecule has 0 saturated carbocycles. The molecule has 2 N–H and O–H groups in total. The fourth-order valence-electron chi connectivity index (χ4n) is 3.21. The van der Waals surface area contributed by atoms with Crippen LogP contribution in [0.5, 0.6) is 0 Å². The molecule has 0 bridgehead atoms. The Morgan fingerprint density at radius 3 is 2.54 bits per heavy atom. The number of carbonyl (C=O) groups is 1. The lowest BCUT2D eigenvalue weighted by Crippen LogP contribution is -2.57. The van der Waals surface area contributed by atoms with Gasteiger partial charge in [0.05, 0.1) is 5.69 Å². The molecule has 1 aromatic carbocycles. The van der Waals surface area contributed by atoms with Crippen LogP contribution in [0.2, 0.25) is 0 Å². The highest BCUT2D eigenvalue weighted by Gasteiger charge is 2.48. The first-order chi connectivity index (χ1) is 12.8. The number of benzene rings is 1. The Kier molecular flexibility index (Phi) is 7.19. The van der Waals surface area contributed by atoms with E-state index in [2.05, 4.69) is 15.6 Å². The van der Waals surface area contributed by atoms with Gasteiger partial charge in [-0.3, -0.25) is 4.79 Å². The van der Waals surface area contributed by atoms with Crippen LogP contribution in [0, 0.1) is 5.82 Å². The van der Waals surface area contributed by atoms with Crippen LogP contribution in [0.1, 0.15) is 18.5 Å². The highest BCUT2D eigenvalue weighted by molar-refractivity contribution is 7.92. The van der Waals surface area contributed by atoms with E-state index in [0.717, 1.165) is 6.26 Å². The molecule has 0 atom stereocenters. The maximum Gasteiger partial charge on any atom is 0.241 e. The van der Waals surface area contributed by atoms with Crippen molar-refractivity contribution in [2.75, 3.05) is 25.9 Å². The van der Waals surface area contributed by atoms with Gasteiger partial charge in [0.1, 0.15) is 12.1 Å². The molecule has 0 unspecified atom stereocenters. The number of nitrogens with one attached hydrogen (secondary N) is 2. The van der Waals surface area contributed by atoms with Crippen molar-refractivity contribution in [1.82, 2.24) is 15.6 Å². The number of amides is 1. The largest absolute Gasteiger partial charge is 0.444 e. The fourth-order valence-corrected chi connectivity index (χ4v) is 4.56. The third-order valence-electron chi connectivity index (χ3n) is 4.84. The average molecular weight is 432 g/mol. The molecule has 154 valence electrons. The van der Waals surface area contributed by atoms with Gasteiger partial charge in [0.15, 0.2) is 14.6 Å². The van der Waals surface area contributed by atoms with E-state index in [1.165, 1.54) is 18.4 Å². The molecule has 28 heavy (non-hydrogen) atoms. The second-order valence-corrected chi connectivity index (χ2v) is 9.00. The van der Waals surface area contributed by atoms with E-state index in [4.69, 9.17) is 4.42 Å². The number of aromatic nitrogens is 1.